The first-order valence-corrected chi connectivity index (χ1v) is 5.18. The molecule has 1 aromatic heterocycles. The molecule has 0 radical (unpaired) electrons. The molecule has 0 spiro atoms. The zero-order chi connectivity index (χ0) is 13.1. The molecule has 7 heteroatoms. The molecule has 0 bridgehead atoms. The van der Waals surface area contributed by atoms with Crippen LogP contribution in [0.5, 0.6) is 0 Å². The van der Waals surface area contributed by atoms with Gasteiger partial charge in [0.2, 0.25) is 0 Å². The molecule has 0 saturated heterocycles. The molecule has 0 aliphatic carbocycles. The molecule has 1 heterocycles. The molecule has 1 N–H and O–H groups in total. The number of carbonyl (C=O) groups excluding carboxylic acids is 1. The summed E-state index contributed by atoms with van der Waals surface area (Å²) in [7, 11) is 0. The maximum atomic E-state index is 13.3. The van der Waals surface area contributed by atoms with Gasteiger partial charge in [0.05, 0.1) is 18.0 Å². The lowest BCUT2D eigenvalue weighted by Gasteiger charge is -2.05. The molecule has 0 fully saturated rings. The molecule has 2 rings (SSSR count). The van der Waals surface area contributed by atoms with Gasteiger partial charge in [0.1, 0.15) is 16.8 Å². The van der Waals surface area contributed by atoms with E-state index in [0.717, 1.165) is 18.2 Å². The van der Waals surface area contributed by atoms with Crippen LogP contribution in [0.4, 0.5) is 14.6 Å². The first-order chi connectivity index (χ1) is 8.56. The Kier molecular flexibility index (Phi) is 3.47. The van der Waals surface area contributed by atoms with Gasteiger partial charge in [-0.2, -0.15) is 0 Å². The number of nitrogens with one attached hydrogen (secondary N) is 1. The molecule has 0 unspecified atom stereocenters. The molecule has 0 aliphatic rings. The van der Waals surface area contributed by atoms with Crippen molar-refractivity contribution < 1.29 is 13.6 Å². The van der Waals surface area contributed by atoms with Crippen LogP contribution in [0.2, 0.25) is 5.15 Å². The van der Waals surface area contributed by atoms with E-state index in [4.69, 9.17) is 11.6 Å². The third-order valence-corrected chi connectivity index (χ3v) is 2.23. The lowest BCUT2D eigenvalue weighted by atomic mass is 10.2. The summed E-state index contributed by atoms with van der Waals surface area (Å²) in [5.41, 5.74) is -0.410. The molecule has 0 aliphatic heterocycles. The summed E-state index contributed by atoms with van der Waals surface area (Å²) in [6, 6.07) is 2.60. The van der Waals surface area contributed by atoms with Gasteiger partial charge in [-0.15, -0.1) is 0 Å². The largest absolute Gasteiger partial charge is 0.305 e. The molecule has 1 amide bonds. The van der Waals surface area contributed by atoms with Gasteiger partial charge in [0, 0.05) is 0 Å². The van der Waals surface area contributed by atoms with E-state index in [0.29, 0.717) is 0 Å². The zero-order valence-corrected chi connectivity index (χ0v) is 9.58. The van der Waals surface area contributed by atoms with E-state index in [1.165, 1.54) is 12.4 Å². The van der Waals surface area contributed by atoms with Crippen LogP contribution in [0.15, 0.2) is 30.6 Å². The van der Waals surface area contributed by atoms with Crippen molar-refractivity contribution in [2.75, 3.05) is 5.32 Å². The number of aromatic nitrogens is 2. The van der Waals surface area contributed by atoms with Gasteiger partial charge >= 0.3 is 0 Å². The number of carbonyl (C=O) groups is 1. The summed E-state index contributed by atoms with van der Waals surface area (Å²) in [5.74, 6) is -2.25. The summed E-state index contributed by atoms with van der Waals surface area (Å²) in [6.45, 7) is 0. The minimum Gasteiger partial charge on any atom is -0.305 e. The fraction of sp³-hybridized carbons (Fsp3) is 0. The van der Waals surface area contributed by atoms with E-state index in [1.54, 1.807) is 0 Å². The number of nitrogens with zero attached hydrogens (tertiary/aromatic N) is 2. The van der Waals surface area contributed by atoms with Crippen LogP contribution in [0.25, 0.3) is 0 Å². The average molecular weight is 270 g/mol. The van der Waals surface area contributed by atoms with Crippen molar-refractivity contribution in [1.29, 1.82) is 0 Å². The molecule has 4 nitrogen and oxygen atoms in total. The van der Waals surface area contributed by atoms with Crippen LogP contribution in [-0.2, 0) is 0 Å². The van der Waals surface area contributed by atoms with Gasteiger partial charge in [0.25, 0.3) is 5.91 Å². The molecule has 0 atom stereocenters. The maximum absolute atomic E-state index is 13.3. The van der Waals surface area contributed by atoms with Gasteiger partial charge in [-0.3, -0.25) is 4.79 Å². The standard InChI is InChI=1S/C11H6ClF2N3O/c12-9-4-16-10(5-15-9)17-11(18)7-3-6(13)1-2-8(7)14/h1-5H,(H,16,17,18). The van der Waals surface area contributed by atoms with Crippen molar-refractivity contribution in [2.24, 2.45) is 0 Å². The predicted molar refractivity (Wildman–Crippen MR) is 61.4 cm³/mol. The van der Waals surface area contributed by atoms with Crippen LogP contribution in [0.1, 0.15) is 10.4 Å². The topological polar surface area (TPSA) is 54.9 Å². The van der Waals surface area contributed by atoms with Crippen molar-refractivity contribution in [3.8, 4) is 0 Å². The third kappa shape index (κ3) is 2.78. The lowest BCUT2D eigenvalue weighted by Crippen LogP contribution is -2.15. The predicted octanol–water partition coefficient (Wildman–Crippen LogP) is 2.66. The first kappa shape index (κ1) is 12.4. The van der Waals surface area contributed by atoms with Gasteiger partial charge in [-0.25, -0.2) is 18.7 Å². The van der Waals surface area contributed by atoms with E-state index in [-0.39, 0.29) is 11.0 Å². The monoisotopic (exact) mass is 269 g/mol. The molecule has 18 heavy (non-hydrogen) atoms. The van der Waals surface area contributed by atoms with E-state index in [2.05, 4.69) is 15.3 Å². The van der Waals surface area contributed by atoms with Crippen molar-refractivity contribution in [3.63, 3.8) is 0 Å². The summed E-state index contributed by atoms with van der Waals surface area (Å²) in [6.07, 6.45) is 2.43. The Bertz CT molecular complexity index is 589. The fourth-order valence-electron chi connectivity index (χ4n) is 1.23. The number of anilines is 1. The van der Waals surface area contributed by atoms with E-state index < -0.39 is 23.1 Å². The molecule has 2 aromatic rings. The highest BCUT2D eigenvalue weighted by atomic mass is 35.5. The smallest absolute Gasteiger partial charge is 0.259 e. The van der Waals surface area contributed by atoms with E-state index in [1.807, 2.05) is 0 Å². The Labute approximate surface area is 106 Å². The number of benzene rings is 1. The Morgan fingerprint density at radius 3 is 2.67 bits per heavy atom. The zero-order valence-electron chi connectivity index (χ0n) is 8.82. The summed E-state index contributed by atoms with van der Waals surface area (Å²) < 4.78 is 26.2. The van der Waals surface area contributed by atoms with Crippen molar-refractivity contribution in [2.45, 2.75) is 0 Å². The maximum Gasteiger partial charge on any atom is 0.259 e. The first-order valence-electron chi connectivity index (χ1n) is 4.80. The molecule has 0 saturated carbocycles. The minimum absolute atomic E-state index is 0.0908. The molecular weight excluding hydrogens is 264 g/mol. The molecular formula is C11H6ClF2N3O. The number of rotatable bonds is 2. The van der Waals surface area contributed by atoms with Crippen LogP contribution >= 0.6 is 11.6 Å². The van der Waals surface area contributed by atoms with Crippen LogP contribution in [0, 0.1) is 11.6 Å². The van der Waals surface area contributed by atoms with Gasteiger partial charge in [-0.1, -0.05) is 11.6 Å². The second-order valence-corrected chi connectivity index (χ2v) is 3.69. The SMILES string of the molecule is O=C(Nc1cnc(Cl)cn1)c1cc(F)ccc1F. The highest BCUT2D eigenvalue weighted by molar-refractivity contribution is 6.29. The number of amides is 1. The van der Waals surface area contributed by atoms with E-state index in [9.17, 15) is 13.6 Å². The highest BCUT2D eigenvalue weighted by Gasteiger charge is 2.13. The number of hydrogen-bond acceptors (Lipinski definition) is 3. The third-order valence-electron chi connectivity index (χ3n) is 2.03. The van der Waals surface area contributed by atoms with Crippen molar-refractivity contribution >= 4 is 23.3 Å². The second-order valence-electron chi connectivity index (χ2n) is 3.30. The minimum atomic E-state index is -0.823. The second kappa shape index (κ2) is 5.05. The van der Waals surface area contributed by atoms with Gasteiger partial charge in [0.15, 0.2) is 5.82 Å². The Hall–Kier alpha value is -2.08. The Morgan fingerprint density at radius 1 is 1.22 bits per heavy atom. The van der Waals surface area contributed by atoms with Crippen molar-refractivity contribution in [3.05, 3.63) is 52.9 Å². The molecule has 92 valence electrons. The molecule has 1 aromatic carbocycles. The Balaban J connectivity index is 2.21. The number of halogens is 3. The average Bonchev–Trinajstić information content (AvgIpc) is 2.35. The number of hydrogen-bond donors (Lipinski definition) is 1. The summed E-state index contributed by atoms with van der Waals surface area (Å²) >= 11 is 5.52. The lowest BCUT2D eigenvalue weighted by molar-refractivity contribution is 0.102. The Morgan fingerprint density at radius 2 is 2.00 bits per heavy atom. The van der Waals surface area contributed by atoms with Crippen LogP contribution in [-0.4, -0.2) is 15.9 Å². The highest BCUT2D eigenvalue weighted by Crippen LogP contribution is 2.12. The van der Waals surface area contributed by atoms with Gasteiger partial charge in [-0.05, 0) is 18.2 Å². The summed E-state index contributed by atoms with van der Waals surface area (Å²) in [4.78, 5) is 19.1. The van der Waals surface area contributed by atoms with E-state index >= 15 is 0 Å². The van der Waals surface area contributed by atoms with Crippen LogP contribution < -0.4 is 5.32 Å². The quantitative estimate of drug-likeness (QED) is 0.912. The fourth-order valence-corrected chi connectivity index (χ4v) is 1.33. The normalized spacial score (nSPS) is 10.2. The van der Waals surface area contributed by atoms with Crippen LogP contribution in [0.3, 0.4) is 0 Å². The van der Waals surface area contributed by atoms with Crippen molar-refractivity contribution in [1.82, 2.24) is 9.97 Å². The van der Waals surface area contributed by atoms with Gasteiger partial charge < -0.3 is 5.32 Å². The summed E-state index contributed by atoms with van der Waals surface area (Å²) in [5, 5.41) is 2.43.